The summed E-state index contributed by atoms with van der Waals surface area (Å²) in [4.78, 5) is 12.3. The molecule has 0 fully saturated rings. The zero-order valence-corrected chi connectivity index (χ0v) is 11.4. The highest BCUT2D eigenvalue weighted by Gasteiger charge is 2.03. The lowest BCUT2D eigenvalue weighted by atomic mass is 10.1. The summed E-state index contributed by atoms with van der Waals surface area (Å²) in [6.07, 6.45) is 0. The van der Waals surface area contributed by atoms with E-state index in [2.05, 4.69) is 6.07 Å². The van der Waals surface area contributed by atoms with Crippen molar-refractivity contribution in [1.82, 2.24) is 0 Å². The normalized spacial score (nSPS) is 9.89. The Morgan fingerprint density at radius 2 is 1.84 bits per heavy atom. The quantitative estimate of drug-likeness (QED) is 0.619. The maximum atomic E-state index is 11.2. The van der Waals surface area contributed by atoms with Gasteiger partial charge in [-0.25, -0.2) is 0 Å². The third-order valence-corrected chi connectivity index (χ3v) is 3.85. The van der Waals surface area contributed by atoms with E-state index in [0.717, 1.165) is 27.3 Å². The zero-order chi connectivity index (χ0) is 13.7. The first-order chi connectivity index (χ1) is 9.20. The molecule has 0 amide bonds. The van der Waals surface area contributed by atoms with Gasteiger partial charge in [0.2, 0.25) is 0 Å². The van der Waals surface area contributed by atoms with E-state index >= 15 is 0 Å². The highest BCUT2D eigenvalue weighted by molar-refractivity contribution is 7.98. The summed E-state index contributed by atoms with van der Waals surface area (Å²) in [5.41, 5.74) is 2.47. The van der Waals surface area contributed by atoms with Crippen molar-refractivity contribution in [3.63, 3.8) is 0 Å². The Morgan fingerprint density at radius 1 is 1.16 bits per heavy atom. The minimum Gasteiger partial charge on any atom is -0.295 e. The van der Waals surface area contributed by atoms with E-state index in [1.165, 1.54) is 0 Å². The maximum Gasteiger partial charge on any atom is 0.159 e. The third-order valence-electron chi connectivity index (χ3n) is 2.79. The third kappa shape index (κ3) is 3.46. The second-order valence-corrected chi connectivity index (χ2v) is 5.19. The summed E-state index contributed by atoms with van der Waals surface area (Å²) in [5, 5.41) is 9.02. The molecule has 0 bridgehead atoms. The zero-order valence-electron chi connectivity index (χ0n) is 10.6. The van der Waals surface area contributed by atoms with Crippen LogP contribution in [0.3, 0.4) is 0 Å². The molecular weight excluding hydrogens is 254 g/mol. The summed E-state index contributed by atoms with van der Waals surface area (Å²) < 4.78 is 0. The van der Waals surface area contributed by atoms with E-state index in [4.69, 9.17) is 5.26 Å². The standard InChI is InChI=1S/C16H13NOS/c1-12(18)13-6-8-16(9-7-13)19-11-15-5-3-2-4-14(15)10-17/h2-9H,11H2,1H3. The molecule has 0 atom stereocenters. The van der Waals surface area contributed by atoms with Crippen molar-refractivity contribution in [3.05, 3.63) is 65.2 Å². The largest absolute Gasteiger partial charge is 0.295 e. The SMILES string of the molecule is CC(=O)c1ccc(SCc2ccccc2C#N)cc1. The van der Waals surface area contributed by atoms with Gasteiger partial charge in [-0.15, -0.1) is 11.8 Å². The van der Waals surface area contributed by atoms with Gasteiger partial charge < -0.3 is 0 Å². The van der Waals surface area contributed by atoms with Crippen molar-refractivity contribution >= 4 is 17.5 Å². The number of Topliss-reactive ketones (excluding diaryl/α,β-unsaturated/α-hetero) is 1. The predicted octanol–water partition coefficient (Wildman–Crippen LogP) is 4.05. The van der Waals surface area contributed by atoms with Crippen LogP contribution in [0.1, 0.15) is 28.4 Å². The highest BCUT2D eigenvalue weighted by atomic mass is 32.2. The fraction of sp³-hybridized carbons (Fsp3) is 0.125. The van der Waals surface area contributed by atoms with E-state index in [0.29, 0.717) is 0 Å². The van der Waals surface area contributed by atoms with E-state index in [9.17, 15) is 4.79 Å². The lowest BCUT2D eigenvalue weighted by molar-refractivity contribution is 0.101. The van der Waals surface area contributed by atoms with Crippen molar-refractivity contribution in [3.8, 4) is 6.07 Å². The van der Waals surface area contributed by atoms with Crippen LogP contribution in [0.15, 0.2) is 53.4 Å². The van der Waals surface area contributed by atoms with Gasteiger partial charge in [-0.2, -0.15) is 5.26 Å². The smallest absolute Gasteiger partial charge is 0.159 e. The number of nitriles is 1. The molecule has 0 saturated heterocycles. The first-order valence-corrected chi connectivity index (χ1v) is 6.91. The molecule has 0 aromatic heterocycles. The number of nitrogens with zero attached hydrogens (tertiary/aromatic N) is 1. The molecule has 0 saturated carbocycles. The average Bonchev–Trinajstić information content (AvgIpc) is 2.45. The highest BCUT2D eigenvalue weighted by Crippen LogP contribution is 2.24. The lowest BCUT2D eigenvalue weighted by Crippen LogP contribution is -1.91. The van der Waals surface area contributed by atoms with Gasteiger partial charge >= 0.3 is 0 Å². The summed E-state index contributed by atoms with van der Waals surface area (Å²) in [7, 11) is 0. The van der Waals surface area contributed by atoms with Crippen LogP contribution in [0, 0.1) is 11.3 Å². The molecule has 0 aliphatic carbocycles. The second kappa shape index (κ2) is 6.21. The van der Waals surface area contributed by atoms with E-state index in [1.807, 2.05) is 48.5 Å². The molecule has 0 heterocycles. The van der Waals surface area contributed by atoms with Gasteiger partial charge in [0.25, 0.3) is 0 Å². The molecule has 0 aliphatic heterocycles. The number of benzene rings is 2. The van der Waals surface area contributed by atoms with E-state index < -0.39 is 0 Å². The number of carbonyl (C=O) groups excluding carboxylic acids is 1. The molecule has 2 rings (SSSR count). The monoisotopic (exact) mass is 267 g/mol. The van der Waals surface area contributed by atoms with Gasteiger partial charge in [0.1, 0.15) is 0 Å². The minimum absolute atomic E-state index is 0.0753. The molecule has 0 radical (unpaired) electrons. The second-order valence-electron chi connectivity index (χ2n) is 4.14. The molecule has 2 aromatic carbocycles. The number of hydrogen-bond acceptors (Lipinski definition) is 3. The van der Waals surface area contributed by atoms with Crippen LogP contribution in [0.2, 0.25) is 0 Å². The van der Waals surface area contributed by atoms with Gasteiger partial charge in [0.05, 0.1) is 11.6 Å². The first-order valence-electron chi connectivity index (χ1n) is 5.92. The molecule has 0 unspecified atom stereocenters. The molecule has 2 nitrogen and oxygen atoms in total. The van der Waals surface area contributed by atoms with Crippen LogP contribution in [-0.2, 0) is 5.75 Å². The summed E-state index contributed by atoms with van der Waals surface area (Å²) >= 11 is 1.66. The van der Waals surface area contributed by atoms with Crippen molar-refractivity contribution in [1.29, 1.82) is 5.26 Å². The predicted molar refractivity (Wildman–Crippen MR) is 77.2 cm³/mol. The Hall–Kier alpha value is -2.05. The van der Waals surface area contributed by atoms with Crippen LogP contribution in [0.25, 0.3) is 0 Å². The van der Waals surface area contributed by atoms with Gasteiger partial charge in [-0.1, -0.05) is 30.3 Å². The Labute approximate surface area is 117 Å². The van der Waals surface area contributed by atoms with Crippen molar-refractivity contribution in [2.75, 3.05) is 0 Å². The van der Waals surface area contributed by atoms with Crippen LogP contribution < -0.4 is 0 Å². The van der Waals surface area contributed by atoms with Gasteiger partial charge in [0, 0.05) is 16.2 Å². The van der Waals surface area contributed by atoms with Gasteiger partial charge in [0.15, 0.2) is 5.78 Å². The van der Waals surface area contributed by atoms with Crippen LogP contribution >= 0.6 is 11.8 Å². The van der Waals surface area contributed by atoms with Gasteiger partial charge in [-0.05, 0) is 30.7 Å². The van der Waals surface area contributed by atoms with Crippen LogP contribution in [-0.4, -0.2) is 5.78 Å². The molecule has 19 heavy (non-hydrogen) atoms. The van der Waals surface area contributed by atoms with Crippen molar-refractivity contribution < 1.29 is 4.79 Å². The molecule has 94 valence electrons. The number of rotatable bonds is 4. The fourth-order valence-electron chi connectivity index (χ4n) is 1.70. The van der Waals surface area contributed by atoms with E-state index in [-0.39, 0.29) is 5.78 Å². The Morgan fingerprint density at radius 3 is 2.47 bits per heavy atom. The summed E-state index contributed by atoms with van der Waals surface area (Å²) in [5.74, 6) is 0.828. The maximum absolute atomic E-state index is 11.2. The number of ketones is 1. The fourth-order valence-corrected chi connectivity index (χ4v) is 2.60. The molecule has 3 heteroatoms. The molecule has 0 N–H and O–H groups in total. The summed E-state index contributed by atoms with van der Waals surface area (Å²) in [6, 6.07) is 17.4. The Bertz CT molecular complexity index is 626. The Kier molecular flexibility index (Phi) is 4.38. The summed E-state index contributed by atoms with van der Waals surface area (Å²) in [6.45, 7) is 1.56. The molecular formula is C16H13NOS. The average molecular weight is 267 g/mol. The van der Waals surface area contributed by atoms with E-state index in [1.54, 1.807) is 18.7 Å². The van der Waals surface area contributed by atoms with Crippen molar-refractivity contribution in [2.24, 2.45) is 0 Å². The van der Waals surface area contributed by atoms with Crippen molar-refractivity contribution in [2.45, 2.75) is 17.6 Å². The number of carbonyl (C=O) groups is 1. The lowest BCUT2D eigenvalue weighted by Gasteiger charge is -2.04. The molecule has 0 spiro atoms. The van der Waals surface area contributed by atoms with Gasteiger partial charge in [-0.3, -0.25) is 4.79 Å². The topological polar surface area (TPSA) is 40.9 Å². The number of hydrogen-bond donors (Lipinski definition) is 0. The first kappa shape index (κ1) is 13.4. The molecule has 0 aliphatic rings. The minimum atomic E-state index is 0.0753. The van der Waals surface area contributed by atoms with Crippen LogP contribution in [0.5, 0.6) is 0 Å². The van der Waals surface area contributed by atoms with Crippen LogP contribution in [0.4, 0.5) is 0 Å². The molecule has 2 aromatic rings. The Balaban J connectivity index is 2.06. The number of thioether (sulfide) groups is 1.